The van der Waals surface area contributed by atoms with Crippen molar-refractivity contribution in [1.29, 1.82) is 0 Å². The Morgan fingerprint density at radius 1 is 1.32 bits per heavy atom. The van der Waals surface area contributed by atoms with E-state index in [1.807, 2.05) is 0 Å². The molecule has 2 unspecified atom stereocenters. The van der Waals surface area contributed by atoms with Crippen molar-refractivity contribution in [2.45, 2.75) is 31.6 Å². The fourth-order valence-corrected chi connectivity index (χ4v) is 2.57. The summed E-state index contributed by atoms with van der Waals surface area (Å²) in [6.45, 7) is 2.49. The smallest absolute Gasteiger partial charge is 0.230 e. The van der Waals surface area contributed by atoms with Crippen molar-refractivity contribution in [2.75, 3.05) is 33.5 Å². The van der Waals surface area contributed by atoms with Gasteiger partial charge in [-0.2, -0.15) is 4.98 Å². The van der Waals surface area contributed by atoms with E-state index >= 15 is 0 Å². The highest BCUT2D eigenvalue weighted by Crippen LogP contribution is 2.38. The maximum Gasteiger partial charge on any atom is 0.230 e. The molecule has 1 aliphatic carbocycles. The van der Waals surface area contributed by atoms with Gasteiger partial charge in [-0.25, -0.2) is 0 Å². The van der Waals surface area contributed by atoms with Gasteiger partial charge < -0.3 is 19.7 Å². The van der Waals surface area contributed by atoms with Gasteiger partial charge in [0.2, 0.25) is 5.89 Å². The molecular weight excluding hydrogens is 246 g/mol. The Balaban J connectivity index is 1.78. The first-order chi connectivity index (χ1) is 9.35. The SMILES string of the molecule is COCCOCCc1noc(C2CCCC2CN)n1. The number of hydrogen-bond donors (Lipinski definition) is 1. The Kier molecular flexibility index (Phi) is 5.75. The summed E-state index contributed by atoms with van der Waals surface area (Å²) in [4.78, 5) is 4.46. The van der Waals surface area contributed by atoms with Gasteiger partial charge in [0.05, 0.1) is 19.8 Å². The molecule has 0 aliphatic heterocycles. The van der Waals surface area contributed by atoms with Crippen LogP contribution in [0.1, 0.15) is 36.9 Å². The summed E-state index contributed by atoms with van der Waals surface area (Å²) in [5.74, 6) is 2.31. The number of aromatic nitrogens is 2. The molecule has 1 fully saturated rings. The van der Waals surface area contributed by atoms with Gasteiger partial charge in [-0.05, 0) is 25.3 Å². The summed E-state index contributed by atoms with van der Waals surface area (Å²) in [7, 11) is 1.66. The minimum Gasteiger partial charge on any atom is -0.382 e. The molecule has 6 heteroatoms. The highest BCUT2D eigenvalue weighted by molar-refractivity contribution is 5.00. The van der Waals surface area contributed by atoms with Gasteiger partial charge in [-0.15, -0.1) is 0 Å². The molecule has 1 heterocycles. The minimum absolute atomic E-state index is 0.348. The molecule has 1 aromatic heterocycles. The Bertz CT molecular complexity index is 370. The molecule has 2 atom stereocenters. The Morgan fingerprint density at radius 3 is 3.00 bits per heavy atom. The third-order valence-corrected chi connectivity index (χ3v) is 3.66. The van der Waals surface area contributed by atoms with Crippen LogP contribution in [-0.4, -0.2) is 43.6 Å². The number of ether oxygens (including phenoxy) is 2. The van der Waals surface area contributed by atoms with Gasteiger partial charge >= 0.3 is 0 Å². The summed E-state index contributed by atoms with van der Waals surface area (Å²) in [6.07, 6.45) is 4.14. The van der Waals surface area contributed by atoms with Crippen LogP contribution in [-0.2, 0) is 15.9 Å². The number of methoxy groups -OCH3 is 1. The molecular formula is C13H23N3O3. The van der Waals surface area contributed by atoms with Gasteiger partial charge in [-0.1, -0.05) is 11.6 Å². The topological polar surface area (TPSA) is 83.4 Å². The van der Waals surface area contributed by atoms with Gasteiger partial charge in [0.25, 0.3) is 0 Å². The first kappa shape index (κ1) is 14.4. The average Bonchev–Trinajstić information content (AvgIpc) is 3.06. The number of nitrogens with zero attached hydrogens (tertiary/aromatic N) is 2. The largest absolute Gasteiger partial charge is 0.382 e. The predicted octanol–water partition coefficient (Wildman–Crippen LogP) is 1.12. The van der Waals surface area contributed by atoms with E-state index < -0.39 is 0 Å². The lowest BCUT2D eigenvalue weighted by Crippen LogP contribution is -2.17. The van der Waals surface area contributed by atoms with Crippen LogP contribution in [0.4, 0.5) is 0 Å². The Labute approximate surface area is 113 Å². The van der Waals surface area contributed by atoms with E-state index in [2.05, 4.69) is 10.1 Å². The quantitative estimate of drug-likeness (QED) is 0.712. The Morgan fingerprint density at radius 2 is 2.21 bits per heavy atom. The van der Waals surface area contributed by atoms with Crippen LogP contribution in [0.3, 0.4) is 0 Å². The van der Waals surface area contributed by atoms with Crippen LogP contribution < -0.4 is 5.73 Å². The molecule has 108 valence electrons. The molecule has 6 nitrogen and oxygen atoms in total. The van der Waals surface area contributed by atoms with Crippen molar-refractivity contribution in [3.63, 3.8) is 0 Å². The molecule has 0 spiro atoms. The lowest BCUT2D eigenvalue weighted by molar-refractivity contribution is 0.0714. The molecule has 1 aromatic rings. The molecule has 0 saturated heterocycles. The summed E-state index contributed by atoms with van der Waals surface area (Å²) in [5.41, 5.74) is 5.77. The van der Waals surface area contributed by atoms with Gasteiger partial charge in [0.15, 0.2) is 5.82 Å². The van der Waals surface area contributed by atoms with Crippen molar-refractivity contribution in [2.24, 2.45) is 11.7 Å². The second-order valence-electron chi connectivity index (χ2n) is 4.94. The summed E-state index contributed by atoms with van der Waals surface area (Å²) >= 11 is 0. The first-order valence-corrected chi connectivity index (χ1v) is 6.94. The second-order valence-corrected chi connectivity index (χ2v) is 4.94. The first-order valence-electron chi connectivity index (χ1n) is 6.94. The van der Waals surface area contributed by atoms with Crippen LogP contribution in [0.15, 0.2) is 4.52 Å². The zero-order valence-electron chi connectivity index (χ0n) is 11.5. The van der Waals surface area contributed by atoms with Crippen molar-refractivity contribution in [3.05, 3.63) is 11.7 Å². The predicted molar refractivity (Wildman–Crippen MR) is 69.8 cm³/mol. The molecule has 19 heavy (non-hydrogen) atoms. The molecule has 1 aliphatic rings. The maximum absolute atomic E-state index is 5.77. The summed E-state index contributed by atoms with van der Waals surface area (Å²) < 4.78 is 15.7. The van der Waals surface area contributed by atoms with E-state index in [-0.39, 0.29) is 0 Å². The molecule has 0 radical (unpaired) electrons. The fraction of sp³-hybridized carbons (Fsp3) is 0.846. The van der Waals surface area contributed by atoms with Gasteiger partial charge in [-0.3, -0.25) is 0 Å². The van der Waals surface area contributed by atoms with E-state index in [0.717, 1.165) is 18.1 Å². The average molecular weight is 269 g/mol. The van der Waals surface area contributed by atoms with Crippen LogP contribution in [0, 0.1) is 5.92 Å². The lowest BCUT2D eigenvalue weighted by atomic mass is 9.96. The highest BCUT2D eigenvalue weighted by Gasteiger charge is 2.31. The summed E-state index contributed by atoms with van der Waals surface area (Å²) in [6, 6.07) is 0. The molecule has 0 bridgehead atoms. The third-order valence-electron chi connectivity index (χ3n) is 3.66. The van der Waals surface area contributed by atoms with Crippen LogP contribution in [0.25, 0.3) is 0 Å². The number of rotatable bonds is 8. The van der Waals surface area contributed by atoms with E-state index in [4.69, 9.17) is 19.7 Å². The second kappa shape index (κ2) is 7.57. The highest BCUT2D eigenvalue weighted by atomic mass is 16.5. The lowest BCUT2D eigenvalue weighted by Gasteiger charge is -2.12. The summed E-state index contributed by atoms with van der Waals surface area (Å²) in [5, 5.41) is 4.01. The monoisotopic (exact) mass is 269 g/mol. The molecule has 0 aromatic carbocycles. The maximum atomic E-state index is 5.77. The standard InChI is InChI=1S/C13H23N3O3/c1-17-7-8-18-6-5-12-15-13(19-16-12)11-4-2-3-10(11)9-14/h10-11H,2-9,14H2,1H3. The molecule has 2 N–H and O–H groups in total. The Hall–Kier alpha value is -0.980. The number of hydrogen-bond acceptors (Lipinski definition) is 6. The third kappa shape index (κ3) is 3.99. The molecule has 0 amide bonds. The van der Waals surface area contributed by atoms with E-state index in [1.165, 1.54) is 12.8 Å². The zero-order chi connectivity index (χ0) is 13.5. The van der Waals surface area contributed by atoms with Gasteiger partial charge in [0.1, 0.15) is 0 Å². The van der Waals surface area contributed by atoms with Crippen molar-refractivity contribution in [1.82, 2.24) is 10.1 Å². The normalized spacial score (nSPS) is 23.1. The minimum atomic E-state index is 0.348. The molecule has 2 rings (SSSR count). The van der Waals surface area contributed by atoms with Crippen molar-refractivity contribution in [3.8, 4) is 0 Å². The van der Waals surface area contributed by atoms with E-state index in [0.29, 0.717) is 44.6 Å². The van der Waals surface area contributed by atoms with Crippen LogP contribution in [0.5, 0.6) is 0 Å². The van der Waals surface area contributed by atoms with Crippen LogP contribution in [0.2, 0.25) is 0 Å². The van der Waals surface area contributed by atoms with Crippen LogP contribution >= 0.6 is 0 Å². The zero-order valence-corrected chi connectivity index (χ0v) is 11.5. The molecule has 1 saturated carbocycles. The van der Waals surface area contributed by atoms with E-state index in [9.17, 15) is 0 Å². The van der Waals surface area contributed by atoms with Gasteiger partial charge in [0, 0.05) is 19.4 Å². The van der Waals surface area contributed by atoms with E-state index in [1.54, 1.807) is 7.11 Å². The number of nitrogens with two attached hydrogens (primary N) is 1. The van der Waals surface area contributed by atoms with Crippen molar-refractivity contribution >= 4 is 0 Å². The fourth-order valence-electron chi connectivity index (χ4n) is 2.57. The van der Waals surface area contributed by atoms with Crippen molar-refractivity contribution < 1.29 is 14.0 Å².